The molecule has 1 aromatic carbocycles. The largest absolute Gasteiger partial charge is 0.394 e. The number of anilines is 1. The van der Waals surface area contributed by atoms with Crippen LogP contribution < -0.4 is 5.23 Å². The molecule has 8 nitrogen and oxygen atoms in total. The minimum atomic E-state index is -1.31. The third-order valence-corrected chi connectivity index (χ3v) is 6.50. The van der Waals surface area contributed by atoms with Crippen LogP contribution in [0.25, 0.3) is 0 Å². The van der Waals surface area contributed by atoms with Gasteiger partial charge in [0.15, 0.2) is 0 Å². The maximum Gasteiger partial charge on any atom is 0.268 e. The lowest BCUT2D eigenvalue weighted by atomic mass is 10.0. The molecule has 0 radical (unpaired) electrons. The Balaban J connectivity index is 1.85. The molecule has 0 spiro atoms. The van der Waals surface area contributed by atoms with E-state index < -0.39 is 30.6 Å². The van der Waals surface area contributed by atoms with Crippen LogP contribution in [0.2, 0.25) is 0 Å². The van der Waals surface area contributed by atoms with Crippen molar-refractivity contribution in [3.8, 4) is 0 Å². The number of amides is 2. The van der Waals surface area contributed by atoms with Crippen molar-refractivity contribution in [3.63, 3.8) is 0 Å². The van der Waals surface area contributed by atoms with E-state index in [4.69, 9.17) is 10.4 Å². The van der Waals surface area contributed by atoms with Gasteiger partial charge in [-0.25, -0.2) is 0 Å². The van der Waals surface area contributed by atoms with E-state index in [0.29, 0.717) is 15.4 Å². The molecule has 0 saturated heterocycles. The highest BCUT2D eigenvalue weighted by molar-refractivity contribution is 8.11. The monoisotopic (exact) mass is 384 g/mol. The van der Waals surface area contributed by atoms with Crippen molar-refractivity contribution in [2.24, 2.45) is 0 Å². The maximum atomic E-state index is 12.5. The van der Waals surface area contributed by atoms with Gasteiger partial charge in [0.1, 0.15) is 6.10 Å². The Morgan fingerprint density at radius 2 is 1.56 bits per heavy atom. The molecule has 25 heavy (non-hydrogen) atoms. The summed E-state index contributed by atoms with van der Waals surface area (Å²) in [4.78, 5) is 26.8. The number of hydrogen-bond acceptors (Lipinski definition) is 9. The number of carbonyl (C=O) groups is 2. The van der Waals surface area contributed by atoms with Crippen LogP contribution in [-0.2, 0) is 9.59 Å². The number of thioether (sulfide) groups is 2. The number of hydrogen-bond donors (Lipinski definition) is 4. The second-order valence-corrected chi connectivity index (χ2v) is 7.62. The SMILES string of the molecule is O=C1C2=C(SCCS2)C(=O)N1[C@@H](CO)[C@@H](O)c1ccc(N(O)O)cc1. The molecule has 10 heteroatoms. The van der Waals surface area contributed by atoms with Crippen molar-refractivity contribution in [3.05, 3.63) is 39.6 Å². The molecule has 0 bridgehead atoms. The predicted octanol–water partition coefficient (Wildman–Crippen LogP) is 0.726. The number of rotatable bonds is 5. The van der Waals surface area contributed by atoms with Gasteiger partial charge >= 0.3 is 0 Å². The molecule has 2 heterocycles. The summed E-state index contributed by atoms with van der Waals surface area (Å²) in [6, 6.07) is 4.40. The normalized spacial score (nSPS) is 19.9. The summed E-state index contributed by atoms with van der Waals surface area (Å²) in [5.74, 6) is 0.457. The summed E-state index contributed by atoms with van der Waals surface area (Å²) < 4.78 is 0. The maximum absolute atomic E-state index is 12.5. The number of aliphatic hydroxyl groups is 2. The Hall–Kier alpha value is -1.56. The minimum Gasteiger partial charge on any atom is -0.394 e. The van der Waals surface area contributed by atoms with Gasteiger partial charge < -0.3 is 10.2 Å². The fourth-order valence-corrected chi connectivity index (χ4v) is 5.01. The van der Waals surface area contributed by atoms with Crippen LogP contribution in [0.1, 0.15) is 11.7 Å². The highest BCUT2D eigenvalue weighted by atomic mass is 32.2. The Kier molecular flexibility index (Phi) is 5.37. The third kappa shape index (κ3) is 3.28. The molecule has 0 unspecified atom stereocenters. The van der Waals surface area contributed by atoms with Crippen molar-refractivity contribution < 1.29 is 30.2 Å². The molecule has 0 aliphatic carbocycles. The standard InChI is InChI=1S/C15H16N2O6S2/c18-7-10(11(19)8-1-3-9(4-2-8)17(22)23)16-14(20)12-13(15(16)21)25-6-5-24-12/h1-4,10-11,18-19,22-23H,5-7H2/t10-,11-/m0/s1. The zero-order valence-corrected chi connectivity index (χ0v) is 14.5. The molecule has 2 amide bonds. The second kappa shape index (κ2) is 7.36. The first kappa shape index (κ1) is 18.2. The van der Waals surface area contributed by atoms with Crippen LogP contribution in [0.3, 0.4) is 0 Å². The zero-order chi connectivity index (χ0) is 18.1. The van der Waals surface area contributed by atoms with Crippen LogP contribution in [0.15, 0.2) is 34.1 Å². The Morgan fingerprint density at radius 1 is 1.04 bits per heavy atom. The summed E-state index contributed by atoms with van der Waals surface area (Å²) in [5, 5.41) is 38.1. The number of nitrogens with zero attached hydrogens (tertiary/aromatic N) is 2. The first-order valence-electron chi connectivity index (χ1n) is 7.40. The van der Waals surface area contributed by atoms with E-state index in [1.54, 1.807) is 0 Å². The summed E-state index contributed by atoms with van der Waals surface area (Å²) in [7, 11) is 0. The molecule has 3 rings (SSSR count). The van der Waals surface area contributed by atoms with Crippen LogP contribution in [0.4, 0.5) is 5.69 Å². The van der Waals surface area contributed by atoms with Gasteiger partial charge in [0.25, 0.3) is 11.8 Å². The van der Waals surface area contributed by atoms with Crippen molar-refractivity contribution in [1.82, 2.24) is 4.90 Å². The summed E-state index contributed by atoms with van der Waals surface area (Å²) in [6.07, 6.45) is -1.31. The van der Waals surface area contributed by atoms with Crippen LogP contribution >= 0.6 is 23.5 Å². The number of carbonyl (C=O) groups excluding carboxylic acids is 2. The van der Waals surface area contributed by atoms with Crippen LogP contribution in [0.5, 0.6) is 0 Å². The number of aliphatic hydroxyl groups excluding tert-OH is 2. The molecule has 2 aliphatic heterocycles. The van der Waals surface area contributed by atoms with E-state index in [-0.39, 0.29) is 10.9 Å². The van der Waals surface area contributed by atoms with E-state index >= 15 is 0 Å². The highest BCUT2D eigenvalue weighted by Gasteiger charge is 2.45. The Bertz CT molecular complexity index is 693. The van der Waals surface area contributed by atoms with Gasteiger partial charge in [-0.15, -0.1) is 28.8 Å². The number of benzene rings is 1. The van der Waals surface area contributed by atoms with E-state index in [0.717, 1.165) is 16.4 Å². The van der Waals surface area contributed by atoms with Crippen LogP contribution in [-0.4, -0.2) is 61.5 Å². The topological polar surface area (TPSA) is 122 Å². The minimum absolute atomic E-state index is 0.0698. The van der Waals surface area contributed by atoms with E-state index in [2.05, 4.69) is 0 Å². The molecule has 1 aromatic rings. The smallest absolute Gasteiger partial charge is 0.268 e. The van der Waals surface area contributed by atoms with Gasteiger partial charge in [-0.3, -0.25) is 24.9 Å². The second-order valence-electron chi connectivity index (χ2n) is 5.41. The molecule has 2 atom stereocenters. The molecule has 0 aromatic heterocycles. The van der Waals surface area contributed by atoms with Gasteiger partial charge in [0.05, 0.1) is 28.1 Å². The third-order valence-electron chi connectivity index (χ3n) is 3.96. The van der Waals surface area contributed by atoms with E-state index in [9.17, 15) is 19.8 Å². The quantitative estimate of drug-likeness (QED) is 0.430. The fraction of sp³-hybridized carbons (Fsp3) is 0.333. The molecule has 134 valence electrons. The Labute approximate surface area is 151 Å². The molecule has 0 saturated carbocycles. The first-order chi connectivity index (χ1) is 12.0. The van der Waals surface area contributed by atoms with Crippen molar-refractivity contribution in [2.75, 3.05) is 23.3 Å². The molecule has 0 fully saturated rings. The summed E-state index contributed by atoms with van der Waals surface area (Å²) >= 11 is 2.62. The lowest BCUT2D eigenvalue weighted by molar-refractivity contribution is -0.144. The van der Waals surface area contributed by atoms with Gasteiger partial charge in [-0.05, 0) is 17.7 Å². The molecule has 4 N–H and O–H groups in total. The van der Waals surface area contributed by atoms with Crippen molar-refractivity contribution >= 4 is 41.0 Å². The van der Waals surface area contributed by atoms with Gasteiger partial charge in [0.2, 0.25) is 0 Å². The summed E-state index contributed by atoms with van der Waals surface area (Å²) in [6.45, 7) is -0.595. The van der Waals surface area contributed by atoms with E-state index in [1.165, 1.54) is 47.8 Å². The summed E-state index contributed by atoms with van der Waals surface area (Å²) in [5.41, 5.74) is 0.408. The van der Waals surface area contributed by atoms with Gasteiger partial charge in [0, 0.05) is 11.5 Å². The van der Waals surface area contributed by atoms with E-state index in [1.807, 2.05) is 0 Å². The van der Waals surface area contributed by atoms with Crippen LogP contribution in [0, 0.1) is 0 Å². The first-order valence-corrected chi connectivity index (χ1v) is 9.37. The van der Waals surface area contributed by atoms with Gasteiger partial charge in [-0.2, -0.15) is 0 Å². The fourth-order valence-electron chi connectivity index (χ4n) is 2.70. The van der Waals surface area contributed by atoms with Crippen molar-refractivity contribution in [1.29, 1.82) is 0 Å². The molecular formula is C15H16N2O6S2. The zero-order valence-electron chi connectivity index (χ0n) is 12.9. The Morgan fingerprint density at radius 3 is 2.00 bits per heavy atom. The lowest BCUT2D eigenvalue weighted by Gasteiger charge is -2.29. The molecular weight excluding hydrogens is 368 g/mol. The molecule has 2 aliphatic rings. The average molecular weight is 384 g/mol. The predicted molar refractivity (Wildman–Crippen MR) is 92.1 cm³/mol. The lowest BCUT2D eigenvalue weighted by Crippen LogP contribution is -2.46. The highest BCUT2D eigenvalue weighted by Crippen LogP contribution is 2.42. The van der Waals surface area contributed by atoms with Gasteiger partial charge in [-0.1, -0.05) is 12.1 Å². The average Bonchev–Trinajstić information content (AvgIpc) is 2.88. The van der Waals surface area contributed by atoms with Crippen molar-refractivity contribution in [2.45, 2.75) is 12.1 Å². The number of imide groups is 1.